The number of halogens is 2. The molecule has 3 rings (SSSR count). The maximum absolute atomic E-state index is 14.0. The van der Waals surface area contributed by atoms with Gasteiger partial charge in [-0.15, -0.1) is 0 Å². The molecule has 0 amide bonds. The van der Waals surface area contributed by atoms with Gasteiger partial charge in [0.05, 0.1) is 10.7 Å². The Bertz CT molecular complexity index is 868. The van der Waals surface area contributed by atoms with Crippen LogP contribution in [0, 0.1) is 19.7 Å². The second kappa shape index (κ2) is 6.81. The minimum Gasteiger partial charge on any atom is -0.485 e. The second-order valence-corrected chi connectivity index (χ2v) is 6.37. The first-order valence-corrected chi connectivity index (χ1v) is 8.43. The average Bonchev–Trinajstić information content (AvgIpc) is 2.83. The Kier molecular flexibility index (Phi) is 4.76. The van der Waals surface area contributed by atoms with Gasteiger partial charge in [-0.05, 0) is 31.9 Å². The summed E-state index contributed by atoms with van der Waals surface area (Å²) in [7, 11) is 0. The van der Waals surface area contributed by atoms with Crippen LogP contribution < -0.4 is 4.74 Å². The number of benzene rings is 1. The van der Waals surface area contributed by atoms with Gasteiger partial charge in [0.15, 0.2) is 11.4 Å². The van der Waals surface area contributed by atoms with Crippen LogP contribution in [0.3, 0.4) is 0 Å². The van der Waals surface area contributed by atoms with Gasteiger partial charge in [-0.3, -0.25) is 4.40 Å². The van der Waals surface area contributed by atoms with Crippen LogP contribution >= 0.6 is 11.6 Å². The molecule has 0 fully saturated rings. The second-order valence-electron chi connectivity index (χ2n) is 5.93. The van der Waals surface area contributed by atoms with E-state index in [4.69, 9.17) is 16.3 Å². The Hall–Kier alpha value is -2.07. The summed E-state index contributed by atoms with van der Waals surface area (Å²) in [5.74, 6) is 0.301. The molecule has 0 saturated carbocycles. The lowest BCUT2D eigenvalue weighted by Crippen LogP contribution is -2.03. The molecule has 0 saturated heterocycles. The largest absolute Gasteiger partial charge is 0.485 e. The number of aryl methyl sites for hydroxylation is 3. The van der Waals surface area contributed by atoms with Crippen LogP contribution in [0.2, 0.25) is 5.02 Å². The maximum Gasteiger partial charge on any atom is 0.180 e. The van der Waals surface area contributed by atoms with E-state index in [1.807, 2.05) is 30.5 Å². The molecular formula is C19H20ClFN2O. The number of fused-ring (bicyclic) bond motifs is 1. The molecule has 0 spiro atoms. The van der Waals surface area contributed by atoms with E-state index in [9.17, 15) is 4.39 Å². The van der Waals surface area contributed by atoms with Gasteiger partial charge in [0, 0.05) is 23.5 Å². The highest BCUT2D eigenvalue weighted by atomic mass is 35.5. The van der Waals surface area contributed by atoms with Crippen LogP contribution in [0.5, 0.6) is 5.75 Å². The van der Waals surface area contributed by atoms with Gasteiger partial charge in [0.1, 0.15) is 12.4 Å². The minimum absolute atomic E-state index is 0.142. The van der Waals surface area contributed by atoms with Crippen molar-refractivity contribution in [2.75, 3.05) is 0 Å². The summed E-state index contributed by atoms with van der Waals surface area (Å²) in [6, 6.07) is 6.74. The van der Waals surface area contributed by atoms with Gasteiger partial charge in [-0.25, -0.2) is 9.37 Å². The van der Waals surface area contributed by atoms with Gasteiger partial charge in [-0.1, -0.05) is 37.1 Å². The van der Waals surface area contributed by atoms with E-state index in [-0.39, 0.29) is 12.4 Å². The molecule has 0 atom stereocenters. The van der Waals surface area contributed by atoms with Crippen molar-refractivity contribution in [2.24, 2.45) is 0 Å². The minimum atomic E-state index is -0.265. The lowest BCUT2D eigenvalue weighted by molar-refractivity contribution is 0.300. The zero-order valence-electron chi connectivity index (χ0n) is 14.1. The van der Waals surface area contributed by atoms with Crippen LogP contribution in [0.15, 0.2) is 30.5 Å². The molecule has 24 heavy (non-hydrogen) atoms. The van der Waals surface area contributed by atoms with Gasteiger partial charge in [-0.2, -0.15) is 0 Å². The van der Waals surface area contributed by atoms with Crippen LogP contribution in [0.4, 0.5) is 4.39 Å². The molecule has 2 aromatic heterocycles. The van der Waals surface area contributed by atoms with Crippen LogP contribution in [0.25, 0.3) is 5.65 Å². The molecule has 126 valence electrons. The van der Waals surface area contributed by atoms with Crippen molar-refractivity contribution < 1.29 is 9.13 Å². The van der Waals surface area contributed by atoms with Crippen molar-refractivity contribution in [3.63, 3.8) is 0 Å². The van der Waals surface area contributed by atoms with Crippen LogP contribution in [0.1, 0.15) is 35.9 Å². The molecule has 1 aromatic carbocycles. The molecule has 0 unspecified atom stereocenters. The third-order valence-corrected chi connectivity index (χ3v) is 4.37. The maximum atomic E-state index is 14.0. The van der Waals surface area contributed by atoms with Crippen molar-refractivity contribution in [2.45, 2.75) is 40.2 Å². The Labute approximate surface area is 146 Å². The highest BCUT2D eigenvalue weighted by molar-refractivity contribution is 6.30. The third-order valence-electron chi connectivity index (χ3n) is 4.16. The lowest BCUT2D eigenvalue weighted by atomic mass is 10.1. The topological polar surface area (TPSA) is 26.5 Å². The number of aromatic nitrogens is 2. The summed E-state index contributed by atoms with van der Waals surface area (Å²) >= 11 is 6.25. The molecule has 0 radical (unpaired) electrons. The van der Waals surface area contributed by atoms with Gasteiger partial charge in [0.2, 0.25) is 0 Å². The van der Waals surface area contributed by atoms with E-state index < -0.39 is 0 Å². The SMILES string of the molecule is CCCc1c(C)nc2c(OCc3c(C)cccc3F)cc(Cl)cn12. The van der Waals surface area contributed by atoms with E-state index in [1.54, 1.807) is 12.1 Å². The number of ether oxygens (including phenoxy) is 1. The first kappa shape index (κ1) is 16.8. The zero-order chi connectivity index (χ0) is 17.3. The average molecular weight is 347 g/mol. The first-order chi connectivity index (χ1) is 11.5. The number of pyridine rings is 1. The smallest absolute Gasteiger partial charge is 0.180 e. The summed E-state index contributed by atoms with van der Waals surface area (Å²) < 4.78 is 21.9. The number of hydrogen-bond donors (Lipinski definition) is 0. The molecule has 5 heteroatoms. The first-order valence-electron chi connectivity index (χ1n) is 8.05. The Balaban J connectivity index is 1.99. The Morgan fingerprint density at radius 2 is 2.08 bits per heavy atom. The van der Waals surface area contributed by atoms with E-state index in [0.29, 0.717) is 22.0 Å². The Morgan fingerprint density at radius 3 is 2.79 bits per heavy atom. The fraction of sp³-hybridized carbons (Fsp3) is 0.316. The molecule has 0 aliphatic carbocycles. The predicted molar refractivity (Wildman–Crippen MR) is 94.4 cm³/mol. The summed E-state index contributed by atoms with van der Waals surface area (Å²) in [5.41, 5.74) is 4.22. The van der Waals surface area contributed by atoms with Crippen molar-refractivity contribution in [1.82, 2.24) is 9.38 Å². The van der Waals surface area contributed by atoms with E-state index in [0.717, 1.165) is 29.8 Å². The number of hydrogen-bond acceptors (Lipinski definition) is 2. The summed E-state index contributed by atoms with van der Waals surface area (Å²) in [6.45, 7) is 6.12. The summed E-state index contributed by atoms with van der Waals surface area (Å²) in [4.78, 5) is 4.62. The summed E-state index contributed by atoms with van der Waals surface area (Å²) in [5, 5.41) is 0.567. The number of rotatable bonds is 5. The molecule has 0 bridgehead atoms. The third kappa shape index (κ3) is 3.11. The summed E-state index contributed by atoms with van der Waals surface area (Å²) in [6.07, 6.45) is 3.79. The highest BCUT2D eigenvalue weighted by Crippen LogP contribution is 2.28. The number of nitrogens with zero attached hydrogens (tertiary/aromatic N) is 2. The highest BCUT2D eigenvalue weighted by Gasteiger charge is 2.15. The Morgan fingerprint density at radius 1 is 1.29 bits per heavy atom. The van der Waals surface area contributed by atoms with E-state index in [1.165, 1.54) is 6.07 Å². The lowest BCUT2D eigenvalue weighted by Gasteiger charge is -2.11. The molecule has 0 aliphatic heterocycles. The normalized spacial score (nSPS) is 11.2. The molecule has 0 N–H and O–H groups in total. The zero-order valence-corrected chi connectivity index (χ0v) is 14.8. The molecule has 3 nitrogen and oxygen atoms in total. The quantitative estimate of drug-likeness (QED) is 0.628. The standard InChI is InChI=1S/C19H20ClFN2O/c1-4-6-17-13(3)22-19-18(9-14(20)10-23(17)19)24-11-15-12(2)7-5-8-16(15)21/h5,7-10H,4,6,11H2,1-3H3. The van der Waals surface area contributed by atoms with E-state index in [2.05, 4.69) is 11.9 Å². The van der Waals surface area contributed by atoms with Crippen molar-refractivity contribution >= 4 is 17.2 Å². The van der Waals surface area contributed by atoms with Crippen molar-refractivity contribution in [3.05, 3.63) is 63.8 Å². The van der Waals surface area contributed by atoms with Gasteiger partial charge in [0.25, 0.3) is 0 Å². The number of imidazole rings is 1. The predicted octanol–water partition coefficient (Wildman–Crippen LogP) is 5.28. The fourth-order valence-electron chi connectivity index (χ4n) is 2.89. The van der Waals surface area contributed by atoms with Gasteiger partial charge >= 0.3 is 0 Å². The van der Waals surface area contributed by atoms with E-state index >= 15 is 0 Å². The van der Waals surface area contributed by atoms with Crippen LogP contribution in [-0.2, 0) is 13.0 Å². The van der Waals surface area contributed by atoms with Crippen LogP contribution in [-0.4, -0.2) is 9.38 Å². The van der Waals surface area contributed by atoms with Gasteiger partial charge < -0.3 is 4.74 Å². The van der Waals surface area contributed by atoms with Crippen molar-refractivity contribution in [3.8, 4) is 5.75 Å². The molecule has 2 heterocycles. The molecule has 0 aliphatic rings. The monoisotopic (exact) mass is 346 g/mol. The molecular weight excluding hydrogens is 327 g/mol. The fourth-order valence-corrected chi connectivity index (χ4v) is 3.08. The van der Waals surface area contributed by atoms with Crippen molar-refractivity contribution in [1.29, 1.82) is 0 Å². The molecule has 3 aromatic rings.